The fourth-order valence-corrected chi connectivity index (χ4v) is 3.38. The number of para-hydroxylation sites is 1. The van der Waals surface area contributed by atoms with Gasteiger partial charge in [0, 0.05) is 16.4 Å². The highest BCUT2D eigenvalue weighted by Gasteiger charge is 2.06. The first-order valence-electron chi connectivity index (χ1n) is 7.34. The first-order valence-corrected chi connectivity index (χ1v) is 9.68. The van der Waals surface area contributed by atoms with Gasteiger partial charge in [-0.25, -0.2) is 18.5 Å². The van der Waals surface area contributed by atoms with Gasteiger partial charge >= 0.3 is 0 Å². The van der Waals surface area contributed by atoms with Crippen LogP contribution in [0.15, 0.2) is 64.0 Å². The monoisotopic (exact) mass is 405 g/mol. The summed E-state index contributed by atoms with van der Waals surface area (Å²) in [5, 5.41) is 9.45. The molecule has 1 heterocycles. The van der Waals surface area contributed by atoms with Crippen molar-refractivity contribution in [2.24, 2.45) is 5.14 Å². The topological polar surface area (TPSA) is 85.1 Å². The summed E-state index contributed by atoms with van der Waals surface area (Å²) in [7, 11) is -3.64. The molecular weight excluding hydrogens is 390 g/mol. The number of anilines is 1. The highest BCUT2D eigenvalue weighted by molar-refractivity contribution is 9.10. The van der Waals surface area contributed by atoms with Gasteiger partial charge in [0.25, 0.3) is 0 Å². The maximum Gasteiger partial charge on any atom is 0.238 e. The largest absolute Gasteiger partial charge is 0.370 e. The fraction of sp³-hybridized carbons (Fsp3) is 0.118. The number of benzene rings is 2. The van der Waals surface area contributed by atoms with E-state index in [0.717, 1.165) is 33.2 Å². The van der Waals surface area contributed by atoms with Crippen LogP contribution in [0.4, 0.5) is 5.82 Å². The quantitative estimate of drug-likeness (QED) is 0.681. The molecule has 3 N–H and O–H groups in total. The number of aromatic nitrogens is 1. The molecule has 0 aliphatic rings. The van der Waals surface area contributed by atoms with E-state index in [9.17, 15) is 8.42 Å². The van der Waals surface area contributed by atoms with Gasteiger partial charge in [-0.1, -0.05) is 24.3 Å². The van der Waals surface area contributed by atoms with E-state index in [1.54, 1.807) is 12.1 Å². The van der Waals surface area contributed by atoms with E-state index in [-0.39, 0.29) is 4.90 Å². The highest BCUT2D eigenvalue weighted by Crippen LogP contribution is 2.23. The van der Waals surface area contributed by atoms with Gasteiger partial charge in [-0.05, 0) is 58.2 Å². The zero-order valence-corrected chi connectivity index (χ0v) is 15.1. The number of nitrogens with one attached hydrogen (secondary N) is 1. The van der Waals surface area contributed by atoms with Crippen LogP contribution in [-0.2, 0) is 16.4 Å². The van der Waals surface area contributed by atoms with Crippen LogP contribution in [0.5, 0.6) is 0 Å². The van der Waals surface area contributed by atoms with Crippen molar-refractivity contribution in [1.82, 2.24) is 4.98 Å². The molecule has 3 rings (SSSR count). The molecule has 0 saturated carbocycles. The lowest BCUT2D eigenvalue weighted by molar-refractivity contribution is 0.598. The molecule has 0 fully saturated rings. The summed E-state index contributed by atoms with van der Waals surface area (Å²) in [5.74, 6) is 0.801. The van der Waals surface area contributed by atoms with Crippen molar-refractivity contribution >= 4 is 42.7 Å². The molecule has 0 saturated heterocycles. The number of halogens is 1. The second-order valence-corrected chi connectivity index (χ2v) is 7.79. The Labute approximate surface area is 149 Å². The molecule has 2 aromatic carbocycles. The number of nitrogens with zero attached hydrogens (tertiary/aromatic N) is 1. The maximum atomic E-state index is 11.2. The zero-order valence-electron chi connectivity index (χ0n) is 12.7. The van der Waals surface area contributed by atoms with Gasteiger partial charge in [0.15, 0.2) is 0 Å². The molecule has 0 spiro atoms. The minimum absolute atomic E-state index is 0.125. The molecule has 24 heavy (non-hydrogen) atoms. The zero-order chi connectivity index (χ0) is 17.2. The van der Waals surface area contributed by atoms with Gasteiger partial charge in [-0.2, -0.15) is 0 Å². The third-order valence-corrected chi connectivity index (χ3v) is 5.21. The normalized spacial score (nSPS) is 11.6. The Hall–Kier alpha value is -1.96. The van der Waals surface area contributed by atoms with E-state index >= 15 is 0 Å². The SMILES string of the molecule is NS(=O)(=O)c1ccc(CCNc2ccc3cccc(Br)c3n2)cc1. The molecular formula is C17H16BrN3O2S. The van der Waals surface area contributed by atoms with Crippen molar-refractivity contribution in [3.05, 3.63) is 64.6 Å². The van der Waals surface area contributed by atoms with Crippen LogP contribution in [0, 0.1) is 0 Å². The number of hydrogen-bond acceptors (Lipinski definition) is 4. The van der Waals surface area contributed by atoms with E-state index < -0.39 is 10.0 Å². The molecule has 0 aliphatic carbocycles. The number of pyridine rings is 1. The molecule has 3 aromatic rings. The molecule has 0 radical (unpaired) electrons. The average Bonchev–Trinajstić information content (AvgIpc) is 2.55. The second-order valence-electron chi connectivity index (χ2n) is 5.37. The molecule has 0 amide bonds. The van der Waals surface area contributed by atoms with Gasteiger partial charge in [-0.15, -0.1) is 0 Å². The van der Waals surface area contributed by atoms with Gasteiger partial charge in [0.05, 0.1) is 10.4 Å². The third kappa shape index (κ3) is 3.92. The molecule has 0 unspecified atom stereocenters. The van der Waals surface area contributed by atoms with Crippen LogP contribution in [0.1, 0.15) is 5.56 Å². The lowest BCUT2D eigenvalue weighted by Gasteiger charge is -2.08. The molecule has 0 bridgehead atoms. The van der Waals surface area contributed by atoms with Gasteiger partial charge < -0.3 is 5.32 Å². The Morgan fingerprint density at radius 3 is 2.50 bits per heavy atom. The first-order chi connectivity index (χ1) is 11.4. The van der Waals surface area contributed by atoms with E-state index in [4.69, 9.17) is 5.14 Å². The Bertz CT molecular complexity index is 973. The Morgan fingerprint density at radius 1 is 1.04 bits per heavy atom. The van der Waals surface area contributed by atoms with Crippen molar-refractivity contribution < 1.29 is 8.42 Å². The summed E-state index contributed by atoms with van der Waals surface area (Å²) in [6, 6.07) is 16.5. The maximum absolute atomic E-state index is 11.2. The van der Waals surface area contributed by atoms with Crippen LogP contribution in [0.2, 0.25) is 0 Å². The van der Waals surface area contributed by atoms with Crippen LogP contribution in [-0.4, -0.2) is 19.9 Å². The lowest BCUT2D eigenvalue weighted by atomic mass is 10.1. The predicted molar refractivity (Wildman–Crippen MR) is 99.5 cm³/mol. The first kappa shape index (κ1) is 16.9. The number of sulfonamides is 1. The third-order valence-electron chi connectivity index (χ3n) is 3.64. The Kier molecular flexibility index (Phi) is 4.84. The Balaban J connectivity index is 1.65. The van der Waals surface area contributed by atoms with Crippen molar-refractivity contribution in [2.45, 2.75) is 11.3 Å². The summed E-state index contributed by atoms with van der Waals surface area (Å²) < 4.78 is 23.4. The smallest absolute Gasteiger partial charge is 0.238 e. The molecule has 124 valence electrons. The van der Waals surface area contributed by atoms with Crippen LogP contribution < -0.4 is 10.5 Å². The van der Waals surface area contributed by atoms with Gasteiger partial charge in [-0.3, -0.25) is 0 Å². The number of fused-ring (bicyclic) bond motifs is 1. The van der Waals surface area contributed by atoms with Crippen molar-refractivity contribution in [2.75, 3.05) is 11.9 Å². The number of rotatable bonds is 5. The van der Waals surface area contributed by atoms with Gasteiger partial charge in [0.2, 0.25) is 10.0 Å². The summed E-state index contributed by atoms with van der Waals surface area (Å²) >= 11 is 3.51. The van der Waals surface area contributed by atoms with Crippen molar-refractivity contribution in [3.63, 3.8) is 0 Å². The number of primary sulfonamides is 1. The van der Waals surface area contributed by atoms with Crippen LogP contribution >= 0.6 is 15.9 Å². The molecule has 1 aromatic heterocycles. The molecule has 0 aliphatic heterocycles. The average molecular weight is 406 g/mol. The minimum Gasteiger partial charge on any atom is -0.370 e. The number of nitrogens with two attached hydrogens (primary N) is 1. The van der Waals surface area contributed by atoms with E-state index in [0.29, 0.717) is 6.54 Å². The minimum atomic E-state index is -3.64. The highest BCUT2D eigenvalue weighted by atomic mass is 79.9. The van der Waals surface area contributed by atoms with Crippen molar-refractivity contribution in [3.8, 4) is 0 Å². The van der Waals surface area contributed by atoms with Crippen LogP contribution in [0.3, 0.4) is 0 Å². The summed E-state index contributed by atoms with van der Waals surface area (Å²) in [6.45, 7) is 0.692. The summed E-state index contributed by atoms with van der Waals surface area (Å²) in [6.07, 6.45) is 0.751. The fourth-order valence-electron chi connectivity index (χ4n) is 2.39. The molecule has 5 nitrogen and oxygen atoms in total. The summed E-state index contributed by atoms with van der Waals surface area (Å²) in [5.41, 5.74) is 1.94. The van der Waals surface area contributed by atoms with E-state index in [1.807, 2.05) is 30.3 Å². The van der Waals surface area contributed by atoms with E-state index in [2.05, 4.69) is 26.2 Å². The summed E-state index contributed by atoms with van der Waals surface area (Å²) in [4.78, 5) is 4.72. The second kappa shape index (κ2) is 6.88. The number of hydrogen-bond donors (Lipinski definition) is 2. The van der Waals surface area contributed by atoms with Gasteiger partial charge in [0.1, 0.15) is 5.82 Å². The lowest BCUT2D eigenvalue weighted by Crippen LogP contribution is -2.12. The molecule has 7 heteroatoms. The van der Waals surface area contributed by atoms with Crippen LogP contribution in [0.25, 0.3) is 10.9 Å². The van der Waals surface area contributed by atoms with Crippen molar-refractivity contribution in [1.29, 1.82) is 0 Å². The van der Waals surface area contributed by atoms with E-state index in [1.165, 1.54) is 12.1 Å². The Morgan fingerprint density at radius 2 is 1.79 bits per heavy atom. The standard InChI is InChI=1S/C17H16BrN3O2S/c18-15-3-1-2-13-6-9-16(21-17(13)15)20-11-10-12-4-7-14(8-5-12)24(19,22)23/h1-9H,10-11H2,(H,20,21)(H2,19,22,23). The molecule has 0 atom stereocenters. The predicted octanol–water partition coefficient (Wildman–Crippen LogP) is 3.30.